The Labute approximate surface area is 59.9 Å². The van der Waals surface area contributed by atoms with Gasteiger partial charge in [-0.1, -0.05) is 0 Å². The third-order valence-corrected chi connectivity index (χ3v) is 1.29. The first-order valence-corrected chi connectivity index (χ1v) is 2.50. The molecular weight excluding hydrogens is 158 g/mol. The largest absolute Gasteiger partial charge is 0.354 e. The van der Waals surface area contributed by atoms with Crippen LogP contribution in [0, 0.1) is 0 Å². The van der Waals surface area contributed by atoms with Crippen LogP contribution < -0.4 is 5.32 Å². The molecule has 0 aromatic carbocycles. The van der Waals surface area contributed by atoms with Crippen LogP contribution >= 0.6 is 0 Å². The molecule has 0 aromatic rings. The molecule has 1 aliphatic heterocycles. The fourth-order valence-corrected chi connectivity index (χ4v) is 0.546. The maximum absolute atomic E-state index is 10.3. The van der Waals surface area contributed by atoms with E-state index in [4.69, 9.17) is 20.4 Å². The number of hydrogen-bond donors (Lipinski definition) is 4. The Bertz CT molecular complexity index is 207. The van der Waals surface area contributed by atoms with Gasteiger partial charge in [0.1, 0.15) is 0 Å². The normalized spacial score (nSPS) is 26.9. The Balaban J connectivity index is 3.15. The van der Waals surface area contributed by atoms with Gasteiger partial charge < -0.3 is 20.4 Å². The number of imide groups is 1. The zero-order valence-electron chi connectivity index (χ0n) is 5.05. The van der Waals surface area contributed by atoms with Crippen LogP contribution in [0.2, 0.25) is 0 Å². The number of hydrogen-bond acceptors (Lipinski definition) is 6. The molecule has 0 spiro atoms. The van der Waals surface area contributed by atoms with E-state index in [-0.39, 0.29) is 0 Å². The van der Waals surface area contributed by atoms with Crippen LogP contribution in [0.25, 0.3) is 0 Å². The van der Waals surface area contributed by atoms with E-state index >= 15 is 0 Å². The van der Waals surface area contributed by atoms with Gasteiger partial charge in [-0.05, 0) is 0 Å². The SMILES string of the molecule is O=C1[N]C(=O)C(O)(O)C1(O)O. The summed E-state index contributed by atoms with van der Waals surface area (Å²) < 4.78 is 0. The number of aliphatic hydroxyl groups is 4. The summed E-state index contributed by atoms with van der Waals surface area (Å²) in [6, 6.07) is 0. The second-order valence-electron chi connectivity index (χ2n) is 2.07. The maximum atomic E-state index is 10.3. The number of carbonyl (C=O) groups excluding carboxylic acids is 2. The van der Waals surface area contributed by atoms with Crippen LogP contribution in [0.3, 0.4) is 0 Å². The molecule has 1 saturated heterocycles. The second-order valence-corrected chi connectivity index (χ2v) is 2.07. The lowest BCUT2D eigenvalue weighted by Crippen LogP contribution is -2.56. The van der Waals surface area contributed by atoms with E-state index in [2.05, 4.69) is 5.32 Å². The molecule has 0 aliphatic carbocycles. The van der Waals surface area contributed by atoms with E-state index in [1.165, 1.54) is 0 Å². The van der Waals surface area contributed by atoms with Gasteiger partial charge in [0, 0.05) is 0 Å². The summed E-state index contributed by atoms with van der Waals surface area (Å²) >= 11 is 0. The topological polar surface area (TPSA) is 129 Å². The number of amides is 2. The molecule has 7 heteroatoms. The lowest BCUT2D eigenvalue weighted by atomic mass is 10.1. The molecule has 1 radical (unpaired) electrons. The van der Waals surface area contributed by atoms with Crippen molar-refractivity contribution in [3.05, 3.63) is 0 Å². The average molecular weight is 162 g/mol. The first-order valence-electron chi connectivity index (χ1n) is 2.50. The van der Waals surface area contributed by atoms with Crippen molar-refractivity contribution in [2.45, 2.75) is 11.6 Å². The zero-order chi connectivity index (χ0) is 8.86. The molecular formula is C4H4NO6. The number of nitrogens with zero attached hydrogens (tertiary/aromatic N) is 1. The van der Waals surface area contributed by atoms with Crippen LogP contribution in [0.15, 0.2) is 0 Å². The van der Waals surface area contributed by atoms with E-state index in [9.17, 15) is 9.59 Å². The van der Waals surface area contributed by atoms with Gasteiger partial charge in [0.05, 0.1) is 0 Å². The first kappa shape index (κ1) is 8.08. The highest BCUT2D eigenvalue weighted by atomic mass is 16.6. The highest BCUT2D eigenvalue weighted by molar-refractivity contribution is 6.10. The number of carbonyl (C=O) groups is 2. The third kappa shape index (κ3) is 0.761. The van der Waals surface area contributed by atoms with Crippen molar-refractivity contribution in [2.24, 2.45) is 0 Å². The van der Waals surface area contributed by atoms with Gasteiger partial charge in [-0.25, -0.2) is 0 Å². The molecule has 1 fully saturated rings. The monoisotopic (exact) mass is 162 g/mol. The Morgan fingerprint density at radius 3 is 1.27 bits per heavy atom. The number of rotatable bonds is 0. The molecule has 11 heavy (non-hydrogen) atoms. The average Bonchev–Trinajstić information content (AvgIpc) is 1.95. The molecule has 0 aromatic heterocycles. The van der Waals surface area contributed by atoms with Gasteiger partial charge in [0.25, 0.3) is 0 Å². The standard InChI is InChI=1S/C4H4NO6/c6-1-3(8,9)4(10,11)2(7)5-1/h8-11H. The van der Waals surface area contributed by atoms with E-state index in [1.54, 1.807) is 0 Å². The molecule has 0 bridgehead atoms. The molecule has 4 N–H and O–H groups in total. The highest BCUT2D eigenvalue weighted by Crippen LogP contribution is 2.23. The predicted molar refractivity (Wildman–Crippen MR) is 26.5 cm³/mol. The molecule has 1 heterocycles. The van der Waals surface area contributed by atoms with Gasteiger partial charge in [0.2, 0.25) is 0 Å². The van der Waals surface area contributed by atoms with Crippen molar-refractivity contribution < 1.29 is 30.0 Å². The first-order chi connectivity index (χ1) is 4.80. The smallest absolute Gasteiger partial charge is 0.315 e. The molecule has 0 saturated carbocycles. The summed E-state index contributed by atoms with van der Waals surface area (Å²) in [5.74, 6) is -10.4. The summed E-state index contributed by atoms with van der Waals surface area (Å²) in [6.45, 7) is 0. The fourth-order valence-electron chi connectivity index (χ4n) is 0.546. The van der Waals surface area contributed by atoms with Crippen LogP contribution in [0.4, 0.5) is 0 Å². The Hall–Kier alpha value is -1.02. The fraction of sp³-hybridized carbons (Fsp3) is 0.500. The molecule has 2 amide bonds. The zero-order valence-corrected chi connectivity index (χ0v) is 5.05. The van der Waals surface area contributed by atoms with Crippen molar-refractivity contribution in [1.29, 1.82) is 0 Å². The van der Waals surface area contributed by atoms with E-state index in [1.807, 2.05) is 0 Å². The summed E-state index contributed by atoms with van der Waals surface area (Å²) in [5, 5.41) is 36.6. The lowest BCUT2D eigenvalue weighted by molar-refractivity contribution is -0.307. The van der Waals surface area contributed by atoms with Crippen LogP contribution in [0.1, 0.15) is 0 Å². The van der Waals surface area contributed by atoms with Crippen molar-refractivity contribution in [3.8, 4) is 0 Å². The van der Waals surface area contributed by atoms with Crippen molar-refractivity contribution >= 4 is 11.8 Å². The van der Waals surface area contributed by atoms with E-state index < -0.39 is 23.4 Å². The van der Waals surface area contributed by atoms with Crippen molar-refractivity contribution in [3.63, 3.8) is 0 Å². The van der Waals surface area contributed by atoms with Gasteiger partial charge in [0.15, 0.2) is 0 Å². The van der Waals surface area contributed by atoms with E-state index in [0.717, 1.165) is 0 Å². The van der Waals surface area contributed by atoms with E-state index in [0.29, 0.717) is 0 Å². The maximum Gasteiger partial charge on any atom is 0.315 e. The van der Waals surface area contributed by atoms with Gasteiger partial charge in [-0.2, -0.15) is 5.32 Å². The van der Waals surface area contributed by atoms with Crippen molar-refractivity contribution in [1.82, 2.24) is 5.32 Å². The van der Waals surface area contributed by atoms with Gasteiger partial charge in [-0.15, -0.1) is 0 Å². The summed E-state index contributed by atoms with van der Waals surface area (Å²) in [5.41, 5.74) is 0. The molecule has 61 valence electrons. The van der Waals surface area contributed by atoms with Crippen molar-refractivity contribution in [2.75, 3.05) is 0 Å². The van der Waals surface area contributed by atoms with Gasteiger partial charge in [-0.3, -0.25) is 9.59 Å². The molecule has 0 unspecified atom stereocenters. The Morgan fingerprint density at radius 1 is 0.909 bits per heavy atom. The molecule has 1 aliphatic rings. The molecule has 1 rings (SSSR count). The molecule has 0 atom stereocenters. The highest BCUT2D eigenvalue weighted by Gasteiger charge is 2.66. The summed E-state index contributed by atoms with van der Waals surface area (Å²) in [7, 11) is 0. The summed E-state index contributed by atoms with van der Waals surface area (Å²) in [6.07, 6.45) is 0. The van der Waals surface area contributed by atoms with Gasteiger partial charge >= 0.3 is 23.4 Å². The predicted octanol–water partition coefficient (Wildman–Crippen LogP) is -3.98. The minimum absolute atomic E-state index is 1.69. The summed E-state index contributed by atoms with van der Waals surface area (Å²) in [4.78, 5) is 20.6. The minimum Gasteiger partial charge on any atom is -0.354 e. The van der Waals surface area contributed by atoms with Crippen LogP contribution in [-0.4, -0.2) is 43.8 Å². The Morgan fingerprint density at radius 2 is 1.18 bits per heavy atom. The van der Waals surface area contributed by atoms with Crippen LogP contribution in [-0.2, 0) is 9.59 Å². The van der Waals surface area contributed by atoms with Crippen LogP contribution in [0.5, 0.6) is 0 Å². The lowest BCUT2D eigenvalue weighted by Gasteiger charge is -2.21. The second kappa shape index (κ2) is 1.77. The Kier molecular flexibility index (Phi) is 1.30. The quantitative estimate of drug-likeness (QED) is 0.212. The molecule has 7 nitrogen and oxygen atoms in total. The minimum atomic E-state index is -3.52. The third-order valence-electron chi connectivity index (χ3n) is 1.29.